The number of aliphatic hydroxyl groups excluding tert-OH is 1. The third-order valence-electron chi connectivity index (χ3n) is 2.97. The number of rotatable bonds is 7. The van der Waals surface area contributed by atoms with Gasteiger partial charge < -0.3 is 19.6 Å². The molecule has 0 saturated carbocycles. The summed E-state index contributed by atoms with van der Waals surface area (Å²) in [5, 5.41) is 12.8. The standard InChI is InChI=1S/C15H17F2NO3/c1-10-4-5-20-15(10)8-18-7-11(19)9-21-12-2-3-13(16)14(17)6-12/h2-6,11,18-19H,7-9H2,1H3. The van der Waals surface area contributed by atoms with Crippen molar-refractivity contribution in [2.45, 2.75) is 19.6 Å². The number of benzene rings is 1. The summed E-state index contributed by atoms with van der Waals surface area (Å²) < 4.78 is 36.1. The van der Waals surface area contributed by atoms with E-state index in [0.29, 0.717) is 13.1 Å². The minimum atomic E-state index is -0.978. The summed E-state index contributed by atoms with van der Waals surface area (Å²) in [7, 11) is 0. The first-order valence-electron chi connectivity index (χ1n) is 6.56. The van der Waals surface area contributed by atoms with Crippen LogP contribution in [-0.4, -0.2) is 24.4 Å². The van der Waals surface area contributed by atoms with Crippen molar-refractivity contribution in [3.05, 3.63) is 53.5 Å². The molecule has 0 radical (unpaired) electrons. The van der Waals surface area contributed by atoms with Crippen LogP contribution in [0.4, 0.5) is 8.78 Å². The van der Waals surface area contributed by atoms with Gasteiger partial charge in [-0.1, -0.05) is 0 Å². The van der Waals surface area contributed by atoms with Crippen LogP contribution in [0.1, 0.15) is 11.3 Å². The normalized spacial score (nSPS) is 12.4. The predicted molar refractivity (Wildman–Crippen MR) is 73.0 cm³/mol. The molecule has 4 nitrogen and oxygen atoms in total. The number of hydrogen-bond donors (Lipinski definition) is 2. The fourth-order valence-corrected chi connectivity index (χ4v) is 1.76. The van der Waals surface area contributed by atoms with E-state index in [1.165, 1.54) is 6.07 Å². The summed E-state index contributed by atoms with van der Waals surface area (Å²) in [5.74, 6) is -0.926. The maximum absolute atomic E-state index is 13.0. The SMILES string of the molecule is Cc1ccoc1CNCC(O)COc1ccc(F)c(F)c1. The Bertz CT molecular complexity index is 586. The molecule has 1 aromatic heterocycles. The number of nitrogens with one attached hydrogen (secondary N) is 1. The largest absolute Gasteiger partial charge is 0.491 e. The average Bonchev–Trinajstić information content (AvgIpc) is 2.86. The zero-order valence-electron chi connectivity index (χ0n) is 11.6. The molecule has 0 amide bonds. The van der Waals surface area contributed by atoms with Gasteiger partial charge in [-0.3, -0.25) is 0 Å². The zero-order valence-corrected chi connectivity index (χ0v) is 11.6. The number of halogens is 2. The van der Waals surface area contributed by atoms with Crippen LogP contribution in [0.25, 0.3) is 0 Å². The lowest BCUT2D eigenvalue weighted by Gasteiger charge is -2.13. The summed E-state index contributed by atoms with van der Waals surface area (Å²) >= 11 is 0. The summed E-state index contributed by atoms with van der Waals surface area (Å²) in [4.78, 5) is 0. The first-order chi connectivity index (χ1) is 10.1. The quantitative estimate of drug-likeness (QED) is 0.824. The molecule has 0 spiro atoms. The summed E-state index contributed by atoms with van der Waals surface area (Å²) in [6.45, 7) is 2.71. The molecule has 2 N–H and O–H groups in total. The second-order valence-corrected chi connectivity index (χ2v) is 4.70. The average molecular weight is 297 g/mol. The van der Waals surface area contributed by atoms with Gasteiger partial charge >= 0.3 is 0 Å². The van der Waals surface area contributed by atoms with Gasteiger partial charge in [0.15, 0.2) is 11.6 Å². The summed E-state index contributed by atoms with van der Waals surface area (Å²) in [6, 6.07) is 5.10. The molecule has 6 heteroatoms. The van der Waals surface area contributed by atoms with Gasteiger partial charge in [0.1, 0.15) is 24.2 Å². The van der Waals surface area contributed by atoms with Gasteiger partial charge in [-0.05, 0) is 30.7 Å². The summed E-state index contributed by atoms with van der Waals surface area (Å²) in [5.41, 5.74) is 1.04. The third kappa shape index (κ3) is 4.54. The molecule has 21 heavy (non-hydrogen) atoms. The van der Waals surface area contributed by atoms with Gasteiger partial charge in [0.2, 0.25) is 0 Å². The van der Waals surface area contributed by atoms with E-state index in [9.17, 15) is 13.9 Å². The van der Waals surface area contributed by atoms with Crippen molar-refractivity contribution >= 4 is 0 Å². The first kappa shape index (κ1) is 15.5. The molecule has 0 aliphatic rings. The van der Waals surface area contributed by atoms with Gasteiger partial charge in [-0.2, -0.15) is 0 Å². The van der Waals surface area contributed by atoms with E-state index < -0.39 is 17.7 Å². The van der Waals surface area contributed by atoms with E-state index in [0.717, 1.165) is 23.5 Å². The van der Waals surface area contributed by atoms with Crippen LogP contribution in [0.2, 0.25) is 0 Å². The van der Waals surface area contributed by atoms with Crippen molar-refractivity contribution in [2.24, 2.45) is 0 Å². The molecule has 1 heterocycles. The van der Waals surface area contributed by atoms with Gasteiger partial charge in [-0.15, -0.1) is 0 Å². The van der Waals surface area contributed by atoms with Gasteiger partial charge in [0, 0.05) is 12.6 Å². The van der Waals surface area contributed by atoms with E-state index >= 15 is 0 Å². The molecule has 0 fully saturated rings. The fraction of sp³-hybridized carbons (Fsp3) is 0.333. The smallest absolute Gasteiger partial charge is 0.162 e. The molecule has 1 atom stereocenters. The van der Waals surface area contributed by atoms with Crippen molar-refractivity contribution < 1.29 is 23.0 Å². The number of aliphatic hydroxyl groups is 1. The molecule has 0 aliphatic carbocycles. The van der Waals surface area contributed by atoms with Crippen LogP contribution in [0.5, 0.6) is 5.75 Å². The molecule has 114 valence electrons. The molecule has 2 aromatic rings. The molecule has 0 bridgehead atoms. The van der Waals surface area contributed by atoms with Crippen LogP contribution >= 0.6 is 0 Å². The van der Waals surface area contributed by atoms with Crippen molar-refractivity contribution in [2.75, 3.05) is 13.2 Å². The van der Waals surface area contributed by atoms with Crippen molar-refractivity contribution in [3.63, 3.8) is 0 Å². The highest BCUT2D eigenvalue weighted by molar-refractivity contribution is 5.23. The Morgan fingerprint density at radius 3 is 2.76 bits per heavy atom. The fourth-order valence-electron chi connectivity index (χ4n) is 1.76. The maximum atomic E-state index is 13.0. The van der Waals surface area contributed by atoms with Crippen LogP contribution in [-0.2, 0) is 6.54 Å². The van der Waals surface area contributed by atoms with Crippen molar-refractivity contribution in [1.82, 2.24) is 5.32 Å². The Labute approximate surface area is 121 Å². The number of ether oxygens (including phenoxy) is 1. The van der Waals surface area contributed by atoms with Crippen LogP contribution in [0.3, 0.4) is 0 Å². The van der Waals surface area contributed by atoms with Crippen LogP contribution in [0, 0.1) is 18.6 Å². The Balaban J connectivity index is 1.71. The van der Waals surface area contributed by atoms with Crippen molar-refractivity contribution in [3.8, 4) is 5.75 Å². The molecule has 2 rings (SSSR count). The zero-order chi connectivity index (χ0) is 15.2. The van der Waals surface area contributed by atoms with E-state index in [4.69, 9.17) is 9.15 Å². The molecule has 0 aliphatic heterocycles. The monoisotopic (exact) mass is 297 g/mol. The molecular formula is C15H17F2NO3. The topological polar surface area (TPSA) is 54.6 Å². The second kappa shape index (κ2) is 7.19. The summed E-state index contributed by atoms with van der Waals surface area (Å²) in [6.07, 6.45) is 0.836. The van der Waals surface area contributed by atoms with Gasteiger partial charge in [0.05, 0.1) is 12.8 Å². The van der Waals surface area contributed by atoms with E-state index in [-0.39, 0.29) is 12.4 Å². The number of hydrogen-bond acceptors (Lipinski definition) is 4. The lowest BCUT2D eigenvalue weighted by atomic mass is 10.3. The van der Waals surface area contributed by atoms with Crippen LogP contribution < -0.4 is 10.1 Å². The third-order valence-corrected chi connectivity index (χ3v) is 2.97. The number of furan rings is 1. The Kier molecular flexibility index (Phi) is 5.30. The highest BCUT2D eigenvalue weighted by Gasteiger charge is 2.08. The molecule has 1 unspecified atom stereocenters. The Hall–Kier alpha value is -1.92. The van der Waals surface area contributed by atoms with E-state index in [1.54, 1.807) is 6.26 Å². The van der Waals surface area contributed by atoms with Crippen LogP contribution in [0.15, 0.2) is 34.9 Å². The molecule has 1 aromatic carbocycles. The maximum Gasteiger partial charge on any atom is 0.162 e. The Morgan fingerprint density at radius 1 is 1.29 bits per heavy atom. The lowest BCUT2D eigenvalue weighted by Crippen LogP contribution is -2.31. The Morgan fingerprint density at radius 2 is 2.10 bits per heavy atom. The lowest BCUT2D eigenvalue weighted by molar-refractivity contribution is 0.105. The minimum Gasteiger partial charge on any atom is -0.491 e. The molecule has 0 saturated heterocycles. The van der Waals surface area contributed by atoms with E-state index in [1.807, 2.05) is 13.0 Å². The van der Waals surface area contributed by atoms with Crippen molar-refractivity contribution in [1.29, 1.82) is 0 Å². The highest BCUT2D eigenvalue weighted by atomic mass is 19.2. The molecular weight excluding hydrogens is 280 g/mol. The first-order valence-corrected chi connectivity index (χ1v) is 6.56. The number of aryl methyl sites for hydroxylation is 1. The highest BCUT2D eigenvalue weighted by Crippen LogP contribution is 2.15. The van der Waals surface area contributed by atoms with Gasteiger partial charge in [-0.25, -0.2) is 8.78 Å². The van der Waals surface area contributed by atoms with Gasteiger partial charge in [0.25, 0.3) is 0 Å². The predicted octanol–water partition coefficient (Wildman–Crippen LogP) is 2.40. The second-order valence-electron chi connectivity index (χ2n) is 4.70. The van der Waals surface area contributed by atoms with E-state index in [2.05, 4.69) is 5.32 Å². The minimum absolute atomic E-state index is 0.0186.